The van der Waals surface area contributed by atoms with Gasteiger partial charge < -0.3 is 4.74 Å². The molecule has 0 saturated heterocycles. The van der Waals surface area contributed by atoms with E-state index in [4.69, 9.17) is 0 Å². The third kappa shape index (κ3) is 2.38. The minimum Gasteiger partial charge on any atom is -0.477 e. The maximum absolute atomic E-state index is 13.0. The number of rotatable bonds is 2. The predicted molar refractivity (Wildman–Crippen MR) is 66.1 cm³/mol. The van der Waals surface area contributed by atoms with E-state index in [1.807, 2.05) is 0 Å². The fourth-order valence-electron chi connectivity index (χ4n) is 1.88. The van der Waals surface area contributed by atoms with E-state index in [1.165, 1.54) is 6.92 Å². The van der Waals surface area contributed by atoms with Crippen LogP contribution in [0.4, 0.5) is 13.2 Å². The molecule has 1 aromatic heterocycles. The Bertz CT molecular complexity index is 678. The summed E-state index contributed by atoms with van der Waals surface area (Å²) in [5, 5.41) is 3.82. The van der Waals surface area contributed by atoms with Crippen LogP contribution in [0.1, 0.15) is 11.3 Å². The molecular weight excluding hydrogens is 273 g/mol. The van der Waals surface area contributed by atoms with Crippen molar-refractivity contribution >= 4 is 0 Å². The van der Waals surface area contributed by atoms with E-state index in [0.717, 1.165) is 11.8 Å². The van der Waals surface area contributed by atoms with Crippen molar-refractivity contribution in [2.45, 2.75) is 13.1 Å². The molecule has 106 valence electrons. The summed E-state index contributed by atoms with van der Waals surface area (Å²) in [5.41, 5.74) is -2.40. The number of methoxy groups -OCH3 is 1. The third-order valence-electron chi connectivity index (χ3n) is 2.77. The first-order valence-corrected chi connectivity index (χ1v) is 5.66. The molecule has 0 amide bonds. The van der Waals surface area contributed by atoms with Gasteiger partial charge in [0.05, 0.1) is 18.5 Å². The molecule has 2 rings (SSSR count). The number of alkyl halides is 3. The molecule has 0 saturated carbocycles. The number of nitrogens with zero attached hydrogens (tertiary/aromatic N) is 2. The Kier molecular flexibility index (Phi) is 3.52. The number of benzene rings is 1. The van der Waals surface area contributed by atoms with Crippen LogP contribution in [-0.2, 0) is 6.18 Å². The average molecular weight is 284 g/mol. The lowest BCUT2D eigenvalue weighted by atomic mass is 10.2. The number of ether oxygens (including phenoxy) is 1. The lowest BCUT2D eigenvalue weighted by Gasteiger charge is -2.16. The maximum Gasteiger partial charge on any atom is 0.422 e. The Balaban J connectivity index is 2.81. The highest BCUT2D eigenvalue weighted by molar-refractivity contribution is 5.37. The molecule has 0 fully saturated rings. The Morgan fingerprint density at radius 3 is 2.30 bits per heavy atom. The van der Waals surface area contributed by atoms with E-state index in [-0.39, 0.29) is 5.69 Å². The second kappa shape index (κ2) is 4.99. The molecule has 1 aromatic carbocycles. The van der Waals surface area contributed by atoms with Crippen molar-refractivity contribution < 1.29 is 17.9 Å². The van der Waals surface area contributed by atoms with Gasteiger partial charge in [-0.3, -0.25) is 4.79 Å². The molecule has 0 aliphatic heterocycles. The van der Waals surface area contributed by atoms with E-state index in [9.17, 15) is 18.0 Å². The van der Waals surface area contributed by atoms with Gasteiger partial charge in [0.25, 0.3) is 11.3 Å². The zero-order chi connectivity index (χ0) is 14.9. The minimum absolute atomic E-state index is 0.283. The van der Waals surface area contributed by atoms with Gasteiger partial charge in [0, 0.05) is 0 Å². The number of hydrogen-bond donors (Lipinski definition) is 0. The largest absolute Gasteiger partial charge is 0.477 e. The molecule has 0 spiro atoms. The first-order chi connectivity index (χ1) is 9.36. The van der Waals surface area contributed by atoms with Gasteiger partial charge in [-0.05, 0) is 19.1 Å². The van der Waals surface area contributed by atoms with Crippen molar-refractivity contribution in [1.29, 1.82) is 0 Å². The third-order valence-corrected chi connectivity index (χ3v) is 2.77. The first-order valence-electron chi connectivity index (χ1n) is 5.66. The maximum atomic E-state index is 13.0. The average Bonchev–Trinajstić information content (AvgIpc) is 2.38. The summed E-state index contributed by atoms with van der Waals surface area (Å²) in [7, 11) is 1.11. The summed E-state index contributed by atoms with van der Waals surface area (Å²) in [4.78, 5) is 11.7. The van der Waals surface area contributed by atoms with Gasteiger partial charge in [0.1, 0.15) is 5.56 Å². The number of halogens is 3. The van der Waals surface area contributed by atoms with Gasteiger partial charge in [0.15, 0.2) is 0 Å². The van der Waals surface area contributed by atoms with Crippen molar-refractivity contribution in [3.05, 3.63) is 51.8 Å². The molecule has 0 aliphatic rings. The van der Waals surface area contributed by atoms with Crippen molar-refractivity contribution in [2.75, 3.05) is 7.11 Å². The van der Waals surface area contributed by atoms with Gasteiger partial charge in [-0.2, -0.15) is 13.2 Å². The molecule has 2 aromatic rings. The molecule has 20 heavy (non-hydrogen) atoms. The molecule has 1 heterocycles. The Hall–Kier alpha value is -2.31. The summed E-state index contributed by atoms with van der Waals surface area (Å²) in [6.45, 7) is 1.20. The predicted octanol–water partition coefficient (Wildman–Crippen LogP) is 2.57. The molecular formula is C13H11F3N2O2. The fourth-order valence-corrected chi connectivity index (χ4v) is 1.88. The minimum atomic E-state index is -4.77. The zero-order valence-electron chi connectivity index (χ0n) is 10.7. The van der Waals surface area contributed by atoms with E-state index in [0.29, 0.717) is 5.69 Å². The highest BCUT2D eigenvalue weighted by Gasteiger charge is 2.38. The molecule has 7 heteroatoms. The second-order valence-electron chi connectivity index (χ2n) is 4.04. The Morgan fingerprint density at radius 2 is 1.80 bits per heavy atom. The Morgan fingerprint density at radius 1 is 1.20 bits per heavy atom. The molecule has 0 unspecified atom stereocenters. The topological polar surface area (TPSA) is 44.1 Å². The lowest BCUT2D eigenvalue weighted by Crippen LogP contribution is -2.27. The van der Waals surface area contributed by atoms with E-state index >= 15 is 0 Å². The molecule has 0 atom stereocenters. The van der Waals surface area contributed by atoms with Crippen LogP contribution < -0.4 is 10.2 Å². The van der Waals surface area contributed by atoms with Gasteiger partial charge in [-0.1, -0.05) is 18.2 Å². The van der Waals surface area contributed by atoms with Crippen LogP contribution in [0.15, 0.2) is 35.1 Å². The quantitative estimate of drug-likeness (QED) is 0.851. The SMILES string of the molecule is COc1nn(-c2ccccc2)c(C)c(C(F)(F)F)c1=O. The first kappa shape index (κ1) is 14.1. The highest BCUT2D eigenvalue weighted by Crippen LogP contribution is 2.30. The summed E-state index contributed by atoms with van der Waals surface area (Å²) in [6, 6.07) is 8.22. The van der Waals surface area contributed by atoms with Crippen molar-refractivity contribution in [3.8, 4) is 11.6 Å². The van der Waals surface area contributed by atoms with Gasteiger partial charge in [-0.15, -0.1) is 5.10 Å². The van der Waals surface area contributed by atoms with Crippen LogP contribution in [0.5, 0.6) is 5.88 Å². The highest BCUT2D eigenvalue weighted by atomic mass is 19.4. The number of hydrogen-bond acceptors (Lipinski definition) is 3. The van der Waals surface area contributed by atoms with Crippen LogP contribution in [0.25, 0.3) is 5.69 Å². The van der Waals surface area contributed by atoms with Crippen molar-refractivity contribution in [3.63, 3.8) is 0 Å². The van der Waals surface area contributed by atoms with E-state index < -0.39 is 23.0 Å². The molecule has 4 nitrogen and oxygen atoms in total. The molecule has 0 aliphatic carbocycles. The van der Waals surface area contributed by atoms with E-state index in [1.54, 1.807) is 30.3 Å². The molecule has 0 radical (unpaired) electrons. The summed E-state index contributed by atoms with van der Waals surface area (Å²) >= 11 is 0. The molecule has 0 N–H and O–H groups in total. The lowest BCUT2D eigenvalue weighted by molar-refractivity contribution is -0.139. The van der Waals surface area contributed by atoms with Gasteiger partial charge in [-0.25, -0.2) is 4.68 Å². The van der Waals surface area contributed by atoms with Crippen LogP contribution >= 0.6 is 0 Å². The van der Waals surface area contributed by atoms with E-state index in [2.05, 4.69) is 9.84 Å². The van der Waals surface area contributed by atoms with Crippen LogP contribution in [0.2, 0.25) is 0 Å². The van der Waals surface area contributed by atoms with Crippen LogP contribution in [0.3, 0.4) is 0 Å². The van der Waals surface area contributed by atoms with Crippen molar-refractivity contribution in [1.82, 2.24) is 9.78 Å². The summed E-state index contributed by atoms with van der Waals surface area (Å²) < 4.78 is 44.8. The molecule has 0 bridgehead atoms. The summed E-state index contributed by atoms with van der Waals surface area (Å²) in [5.74, 6) is -0.591. The number of para-hydroxylation sites is 1. The van der Waals surface area contributed by atoms with Crippen molar-refractivity contribution in [2.24, 2.45) is 0 Å². The smallest absolute Gasteiger partial charge is 0.422 e. The monoisotopic (exact) mass is 284 g/mol. The normalized spacial score (nSPS) is 11.4. The zero-order valence-corrected chi connectivity index (χ0v) is 10.7. The second-order valence-corrected chi connectivity index (χ2v) is 4.04. The standard InChI is InChI=1S/C13H11F3N2O2/c1-8-10(13(14,15)16)11(19)12(20-2)17-18(8)9-6-4-3-5-7-9/h3-7H,1-2H3. The Labute approximate surface area is 112 Å². The van der Waals surface area contributed by atoms with Crippen LogP contribution in [0, 0.1) is 6.92 Å². The van der Waals surface area contributed by atoms with Gasteiger partial charge in [0.2, 0.25) is 0 Å². The van der Waals surface area contributed by atoms with Gasteiger partial charge >= 0.3 is 6.18 Å². The van der Waals surface area contributed by atoms with Crippen LogP contribution in [-0.4, -0.2) is 16.9 Å². The number of aromatic nitrogens is 2. The fraction of sp³-hybridized carbons (Fsp3) is 0.231. The summed E-state index contributed by atoms with van der Waals surface area (Å²) in [6.07, 6.45) is -4.77.